The van der Waals surface area contributed by atoms with Gasteiger partial charge in [-0.05, 0) is 37.9 Å². The van der Waals surface area contributed by atoms with Crippen LogP contribution in [0.3, 0.4) is 0 Å². The summed E-state index contributed by atoms with van der Waals surface area (Å²) in [5.41, 5.74) is 3.34. The lowest BCUT2D eigenvalue weighted by molar-refractivity contribution is 0.122. The molecule has 0 aromatic carbocycles. The summed E-state index contributed by atoms with van der Waals surface area (Å²) in [5.74, 6) is 1.45. The van der Waals surface area contributed by atoms with Gasteiger partial charge in [0, 0.05) is 20.1 Å². The van der Waals surface area contributed by atoms with Crippen LogP contribution in [0.25, 0.3) is 0 Å². The van der Waals surface area contributed by atoms with Crippen molar-refractivity contribution in [1.29, 1.82) is 0 Å². The van der Waals surface area contributed by atoms with E-state index in [0.29, 0.717) is 18.3 Å². The van der Waals surface area contributed by atoms with Gasteiger partial charge in [-0.3, -0.25) is 5.01 Å². The number of anilines is 2. The van der Waals surface area contributed by atoms with Crippen LogP contribution in [0.2, 0.25) is 0 Å². The molecule has 2 N–H and O–H groups in total. The van der Waals surface area contributed by atoms with Crippen molar-refractivity contribution < 1.29 is 4.74 Å². The Kier molecular flexibility index (Phi) is 3.86. The number of nitrogens with one attached hydrogen (secondary N) is 2. The Morgan fingerprint density at radius 2 is 1.91 bits per heavy atom. The number of hydrogen-bond donors (Lipinski definition) is 2. The first-order valence-corrected chi connectivity index (χ1v) is 8.72. The van der Waals surface area contributed by atoms with E-state index < -0.39 is 0 Å². The van der Waals surface area contributed by atoms with E-state index in [-0.39, 0.29) is 5.66 Å². The molecule has 0 bridgehead atoms. The minimum Gasteiger partial charge on any atom is -0.378 e. The molecule has 1 spiro atoms. The zero-order valence-corrected chi connectivity index (χ0v) is 14.2. The first-order chi connectivity index (χ1) is 11.2. The molecule has 8 nitrogen and oxygen atoms in total. The maximum atomic E-state index is 5.58. The molecule has 3 heterocycles. The molecule has 0 amide bonds. The van der Waals surface area contributed by atoms with Crippen molar-refractivity contribution in [1.82, 2.24) is 25.2 Å². The van der Waals surface area contributed by atoms with E-state index in [1.807, 2.05) is 12.1 Å². The highest BCUT2D eigenvalue weighted by Crippen LogP contribution is 2.31. The average molecular weight is 337 g/mol. The monoisotopic (exact) mass is 337 g/mol. The topological polar surface area (TPSA) is 70.5 Å². The van der Waals surface area contributed by atoms with Crippen LogP contribution in [0.1, 0.15) is 32.1 Å². The van der Waals surface area contributed by atoms with Gasteiger partial charge in [-0.15, -0.1) is 5.10 Å². The van der Waals surface area contributed by atoms with Gasteiger partial charge in [0.2, 0.25) is 17.0 Å². The van der Waals surface area contributed by atoms with E-state index in [4.69, 9.17) is 21.9 Å². The molecule has 4 rings (SSSR count). The average Bonchev–Trinajstić information content (AvgIpc) is 2.95. The lowest BCUT2D eigenvalue weighted by Gasteiger charge is -2.39. The molecule has 1 aromatic rings. The third-order valence-electron chi connectivity index (χ3n) is 4.80. The van der Waals surface area contributed by atoms with Crippen LogP contribution in [0, 0.1) is 0 Å². The molecule has 3 aliphatic rings. The van der Waals surface area contributed by atoms with Gasteiger partial charge in [0.05, 0.1) is 13.2 Å². The zero-order valence-electron chi connectivity index (χ0n) is 13.4. The Hall–Kier alpha value is -1.45. The molecule has 1 aromatic heterocycles. The van der Waals surface area contributed by atoms with Gasteiger partial charge in [-0.1, -0.05) is 6.42 Å². The highest BCUT2D eigenvalue weighted by Gasteiger charge is 2.38. The number of hydrogen-bond acceptors (Lipinski definition) is 7. The second-order valence-corrected chi connectivity index (χ2v) is 6.83. The van der Waals surface area contributed by atoms with Crippen molar-refractivity contribution in [3.63, 3.8) is 0 Å². The molecule has 2 fully saturated rings. The van der Waals surface area contributed by atoms with Crippen LogP contribution >= 0.6 is 12.2 Å². The van der Waals surface area contributed by atoms with Gasteiger partial charge in [0.15, 0.2) is 0 Å². The van der Waals surface area contributed by atoms with E-state index in [1.54, 1.807) is 4.68 Å². The number of morpholine rings is 1. The molecule has 9 heteroatoms. The van der Waals surface area contributed by atoms with Gasteiger partial charge < -0.3 is 15.0 Å². The molecule has 0 atom stereocenters. The van der Waals surface area contributed by atoms with Gasteiger partial charge in [-0.25, -0.2) is 5.43 Å². The number of hydrazine groups is 1. The van der Waals surface area contributed by atoms with Crippen molar-refractivity contribution >= 4 is 29.2 Å². The van der Waals surface area contributed by atoms with Crippen LogP contribution in [0.15, 0.2) is 0 Å². The Morgan fingerprint density at radius 3 is 2.65 bits per heavy atom. The highest BCUT2D eigenvalue weighted by molar-refractivity contribution is 7.80. The summed E-state index contributed by atoms with van der Waals surface area (Å²) < 4.78 is 7.14. The van der Waals surface area contributed by atoms with E-state index in [0.717, 1.165) is 37.8 Å². The number of rotatable bonds is 1. The molecule has 1 aliphatic carbocycles. The van der Waals surface area contributed by atoms with Crippen LogP contribution in [0.4, 0.5) is 11.9 Å². The largest absolute Gasteiger partial charge is 0.378 e. The predicted octanol–water partition coefficient (Wildman–Crippen LogP) is 0.770. The summed E-state index contributed by atoms with van der Waals surface area (Å²) in [7, 11) is 1.95. The van der Waals surface area contributed by atoms with Crippen LogP contribution < -0.4 is 15.6 Å². The minimum absolute atomic E-state index is 0.180. The third-order valence-corrected chi connectivity index (χ3v) is 5.24. The van der Waals surface area contributed by atoms with Crippen molar-refractivity contribution in [2.24, 2.45) is 0 Å². The summed E-state index contributed by atoms with van der Waals surface area (Å²) in [4.78, 5) is 6.87. The molecular formula is C14H23N7OS. The van der Waals surface area contributed by atoms with Crippen LogP contribution in [-0.4, -0.2) is 63.9 Å². The first-order valence-electron chi connectivity index (χ1n) is 8.31. The third kappa shape index (κ3) is 2.77. The fourth-order valence-corrected chi connectivity index (χ4v) is 3.73. The van der Waals surface area contributed by atoms with Crippen LogP contribution in [-0.2, 0) is 4.74 Å². The van der Waals surface area contributed by atoms with E-state index in [9.17, 15) is 0 Å². The summed E-state index contributed by atoms with van der Waals surface area (Å²) in [5, 5.41) is 10.7. The summed E-state index contributed by atoms with van der Waals surface area (Å²) in [6.07, 6.45) is 5.79. The van der Waals surface area contributed by atoms with Crippen LogP contribution in [0.5, 0.6) is 0 Å². The van der Waals surface area contributed by atoms with Crippen molar-refractivity contribution in [3.05, 3.63) is 0 Å². The predicted molar refractivity (Wildman–Crippen MR) is 91.4 cm³/mol. The van der Waals surface area contributed by atoms with Crippen molar-refractivity contribution in [3.8, 4) is 0 Å². The number of thiocarbonyl (C=S) groups is 1. The number of ether oxygens (including phenoxy) is 1. The van der Waals surface area contributed by atoms with Crippen molar-refractivity contribution in [2.75, 3.05) is 43.6 Å². The molecule has 23 heavy (non-hydrogen) atoms. The van der Waals surface area contributed by atoms with Gasteiger partial charge in [0.1, 0.15) is 5.66 Å². The quantitative estimate of drug-likeness (QED) is 0.728. The molecule has 126 valence electrons. The van der Waals surface area contributed by atoms with Gasteiger partial charge in [-0.2, -0.15) is 9.67 Å². The second kappa shape index (κ2) is 5.88. The van der Waals surface area contributed by atoms with E-state index >= 15 is 0 Å². The standard InChI is InChI=1S/C14H23N7OS/c1-19-13(23)21-11(16-14(18-19)5-3-2-4-6-14)15-12(17-21)20-7-9-22-10-8-20/h18H,2-10H2,1H3,(H,15,16,17). The maximum absolute atomic E-state index is 5.58. The minimum atomic E-state index is -0.180. The lowest BCUT2D eigenvalue weighted by atomic mass is 9.89. The lowest BCUT2D eigenvalue weighted by Crippen LogP contribution is -2.58. The molecule has 2 aliphatic heterocycles. The first kappa shape index (κ1) is 15.1. The number of aromatic nitrogens is 3. The number of nitrogens with zero attached hydrogens (tertiary/aromatic N) is 5. The normalized spacial score (nSPS) is 24.3. The Morgan fingerprint density at radius 1 is 1.17 bits per heavy atom. The molecular weight excluding hydrogens is 314 g/mol. The van der Waals surface area contributed by atoms with E-state index in [1.165, 1.54) is 19.3 Å². The second-order valence-electron chi connectivity index (χ2n) is 6.47. The van der Waals surface area contributed by atoms with Gasteiger partial charge in [0.25, 0.3) is 0 Å². The molecule has 0 unspecified atom stereocenters. The molecule has 1 saturated heterocycles. The Labute approximate surface area is 141 Å². The van der Waals surface area contributed by atoms with E-state index in [2.05, 4.69) is 20.7 Å². The summed E-state index contributed by atoms with van der Waals surface area (Å²) in [6.45, 7) is 3.06. The summed E-state index contributed by atoms with van der Waals surface area (Å²) in [6, 6.07) is 0. The smallest absolute Gasteiger partial charge is 0.247 e. The number of fused-ring (bicyclic) bond motifs is 1. The maximum Gasteiger partial charge on any atom is 0.247 e. The highest BCUT2D eigenvalue weighted by atomic mass is 32.1. The molecule has 1 saturated carbocycles. The zero-order chi connectivity index (χ0) is 15.9. The Bertz CT molecular complexity index is 592. The summed E-state index contributed by atoms with van der Waals surface area (Å²) >= 11 is 5.58. The fourth-order valence-electron chi connectivity index (χ4n) is 3.56. The SMILES string of the molecule is CN1NC2(CCCCC2)Nc2nc(N3CCOCC3)nn2C1=S. The van der Waals surface area contributed by atoms with Gasteiger partial charge >= 0.3 is 0 Å². The molecule has 0 radical (unpaired) electrons. The Balaban J connectivity index is 1.66. The fraction of sp³-hybridized carbons (Fsp3) is 0.786. The van der Waals surface area contributed by atoms with Crippen molar-refractivity contribution in [2.45, 2.75) is 37.8 Å².